The Kier molecular flexibility index (Phi) is 8.03. The van der Waals surface area contributed by atoms with E-state index in [0.717, 1.165) is 21.0 Å². The Bertz CT molecular complexity index is 1320. The van der Waals surface area contributed by atoms with Gasteiger partial charge in [-0.15, -0.1) is 22.7 Å². The Morgan fingerprint density at radius 2 is 1.67 bits per heavy atom. The van der Waals surface area contributed by atoms with Gasteiger partial charge in [0.15, 0.2) is 0 Å². The summed E-state index contributed by atoms with van der Waals surface area (Å²) >= 11 is 3.01. The van der Waals surface area contributed by atoms with Crippen LogP contribution in [0.25, 0.3) is 9.88 Å². The molecule has 2 amide bonds. The van der Waals surface area contributed by atoms with Crippen LogP contribution >= 0.6 is 22.7 Å². The van der Waals surface area contributed by atoms with Gasteiger partial charge in [0.25, 0.3) is 5.69 Å². The second kappa shape index (κ2) is 11.6. The van der Waals surface area contributed by atoms with Gasteiger partial charge in [-0.25, -0.2) is 9.78 Å². The molecule has 2 atom stereocenters. The zero-order valence-electron chi connectivity index (χ0n) is 18.9. The maximum Gasteiger partial charge on any atom is 0.405 e. The highest BCUT2D eigenvalue weighted by molar-refractivity contribution is 7.20. The predicted octanol–water partition coefficient (Wildman–Crippen LogP) is 5.06. The molecule has 2 aromatic carbocycles. The van der Waals surface area contributed by atoms with Gasteiger partial charge >= 0.3 is 6.09 Å². The summed E-state index contributed by atoms with van der Waals surface area (Å²) in [5.41, 5.74) is 2.18. The molecule has 0 saturated carbocycles. The number of thiophene rings is 1. The smallest absolute Gasteiger partial charge is 0.405 e. The van der Waals surface area contributed by atoms with Crippen molar-refractivity contribution in [2.24, 2.45) is 0 Å². The van der Waals surface area contributed by atoms with E-state index in [1.165, 1.54) is 23.5 Å². The van der Waals surface area contributed by atoms with Crippen molar-refractivity contribution < 1.29 is 19.6 Å². The van der Waals surface area contributed by atoms with Crippen molar-refractivity contribution in [1.29, 1.82) is 0 Å². The topological polar surface area (TPSA) is 134 Å². The zero-order valence-corrected chi connectivity index (χ0v) is 20.5. The third-order valence-corrected chi connectivity index (χ3v) is 7.31. The lowest BCUT2D eigenvalue weighted by Crippen LogP contribution is -2.48. The molecule has 0 radical (unpaired) electrons. The summed E-state index contributed by atoms with van der Waals surface area (Å²) in [7, 11) is 0. The van der Waals surface area contributed by atoms with Crippen molar-refractivity contribution in [3.8, 4) is 9.88 Å². The molecule has 0 spiro atoms. The van der Waals surface area contributed by atoms with Gasteiger partial charge in [-0.3, -0.25) is 14.9 Å². The van der Waals surface area contributed by atoms with Crippen molar-refractivity contribution in [2.75, 3.05) is 0 Å². The number of nitrogens with zero attached hydrogens (tertiary/aromatic N) is 2. The van der Waals surface area contributed by atoms with E-state index in [-0.39, 0.29) is 12.1 Å². The highest BCUT2D eigenvalue weighted by atomic mass is 32.1. The van der Waals surface area contributed by atoms with Crippen LogP contribution in [0.4, 0.5) is 10.5 Å². The molecule has 9 nitrogen and oxygen atoms in total. The minimum Gasteiger partial charge on any atom is -0.465 e. The summed E-state index contributed by atoms with van der Waals surface area (Å²) in [5, 5.41) is 30.2. The first-order valence-electron chi connectivity index (χ1n) is 11.0. The van der Waals surface area contributed by atoms with Gasteiger partial charge in [0.05, 0.1) is 21.5 Å². The number of carboxylic acid groups (broad SMARTS) is 1. The number of nitro benzene ring substituents is 1. The number of benzene rings is 2. The van der Waals surface area contributed by atoms with Crippen LogP contribution in [0, 0.1) is 10.1 Å². The third-order valence-electron chi connectivity index (χ3n) is 5.41. The number of aromatic nitrogens is 1. The molecule has 36 heavy (non-hydrogen) atoms. The number of rotatable bonds is 10. The van der Waals surface area contributed by atoms with E-state index in [1.54, 1.807) is 23.5 Å². The number of non-ortho nitro benzene ring substituents is 1. The molecule has 2 heterocycles. The number of carbonyl (C=O) groups is 2. The average Bonchev–Trinajstić information content (AvgIpc) is 3.56. The molecular formula is C25H22N4O5S2. The number of thiazole rings is 1. The minimum absolute atomic E-state index is 0.0263. The quantitative estimate of drug-likeness (QED) is 0.197. The summed E-state index contributed by atoms with van der Waals surface area (Å²) < 4.78 is 0. The molecule has 4 rings (SSSR count). The van der Waals surface area contributed by atoms with Crippen LogP contribution < -0.4 is 10.6 Å². The molecule has 0 saturated heterocycles. The third kappa shape index (κ3) is 6.52. The van der Waals surface area contributed by atoms with E-state index in [2.05, 4.69) is 10.6 Å². The van der Waals surface area contributed by atoms with Gasteiger partial charge in [0, 0.05) is 23.9 Å². The van der Waals surface area contributed by atoms with Crippen LogP contribution in [0.15, 0.2) is 77.5 Å². The van der Waals surface area contributed by atoms with Crippen LogP contribution in [0.2, 0.25) is 0 Å². The molecule has 0 aliphatic heterocycles. The van der Waals surface area contributed by atoms with Crippen LogP contribution in [-0.2, 0) is 17.6 Å². The van der Waals surface area contributed by atoms with E-state index in [4.69, 9.17) is 4.98 Å². The van der Waals surface area contributed by atoms with E-state index in [0.29, 0.717) is 12.1 Å². The summed E-state index contributed by atoms with van der Waals surface area (Å²) in [6.07, 6.45) is -0.796. The first-order chi connectivity index (χ1) is 17.4. The number of hydrogen-bond donors (Lipinski definition) is 3. The molecule has 11 heteroatoms. The van der Waals surface area contributed by atoms with Crippen molar-refractivity contribution in [3.05, 3.63) is 104 Å². The molecule has 0 aliphatic rings. The second-order valence-electron chi connectivity index (χ2n) is 7.94. The number of amides is 2. The van der Waals surface area contributed by atoms with Gasteiger partial charge in [0.1, 0.15) is 11.0 Å². The van der Waals surface area contributed by atoms with E-state index in [9.17, 15) is 24.8 Å². The Labute approximate surface area is 214 Å². The monoisotopic (exact) mass is 522 g/mol. The average molecular weight is 523 g/mol. The number of carbonyl (C=O) groups excluding carboxylic acids is 1. The standard InChI is InChI=1S/C25H22N4O5S2/c30-23(20(28-25(31)32)14-16-5-2-1-3-6-16)26-19(13-17-8-10-18(11-9-17)29(33)34)21-15-36-24(27-21)22-7-4-12-35-22/h1-12,15,19-20,28H,13-14H2,(H,26,30)(H,31,32)/t19-,20?/m0/s1. The Morgan fingerprint density at radius 1 is 0.944 bits per heavy atom. The molecule has 1 unspecified atom stereocenters. The second-order valence-corrected chi connectivity index (χ2v) is 9.74. The predicted molar refractivity (Wildman–Crippen MR) is 138 cm³/mol. The highest BCUT2D eigenvalue weighted by Crippen LogP contribution is 2.31. The highest BCUT2D eigenvalue weighted by Gasteiger charge is 2.26. The van der Waals surface area contributed by atoms with Gasteiger partial charge in [-0.2, -0.15) is 0 Å². The zero-order chi connectivity index (χ0) is 25.5. The summed E-state index contributed by atoms with van der Waals surface area (Å²) in [5.74, 6) is -0.487. The molecule has 0 fully saturated rings. The van der Waals surface area contributed by atoms with Gasteiger partial charge in [-0.05, 0) is 29.0 Å². The maximum atomic E-state index is 13.3. The molecular weight excluding hydrogens is 500 g/mol. The molecule has 3 N–H and O–H groups in total. The van der Waals surface area contributed by atoms with Gasteiger partial charge < -0.3 is 15.7 Å². The SMILES string of the molecule is O=C(O)NC(Cc1ccccc1)C(=O)N[C@@H](Cc1ccc([N+](=O)[O-])cc1)c1csc(-c2cccs2)n1. The summed E-state index contributed by atoms with van der Waals surface area (Å²) in [4.78, 5) is 41.0. The van der Waals surface area contributed by atoms with E-state index < -0.39 is 29.0 Å². The fourth-order valence-corrected chi connectivity index (χ4v) is 5.35. The fourth-order valence-electron chi connectivity index (χ4n) is 3.66. The molecule has 0 aliphatic carbocycles. The van der Waals surface area contributed by atoms with Crippen LogP contribution in [0.3, 0.4) is 0 Å². The minimum atomic E-state index is -1.30. The number of nitrogens with one attached hydrogen (secondary N) is 2. The van der Waals surface area contributed by atoms with E-state index in [1.807, 2.05) is 53.2 Å². The Morgan fingerprint density at radius 3 is 2.31 bits per heavy atom. The summed E-state index contributed by atoms with van der Waals surface area (Å²) in [6.45, 7) is 0. The number of hydrogen-bond acceptors (Lipinski definition) is 7. The molecule has 2 aromatic heterocycles. The molecule has 4 aromatic rings. The molecule has 0 bridgehead atoms. The normalized spacial score (nSPS) is 12.4. The van der Waals surface area contributed by atoms with Gasteiger partial charge in [-0.1, -0.05) is 48.5 Å². The first kappa shape index (κ1) is 25.0. The van der Waals surface area contributed by atoms with Crippen LogP contribution in [0.1, 0.15) is 22.9 Å². The van der Waals surface area contributed by atoms with E-state index >= 15 is 0 Å². The van der Waals surface area contributed by atoms with Crippen molar-refractivity contribution in [2.45, 2.75) is 24.9 Å². The lowest BCUT2D eigenvalue weighted by molar-refractivity contribution is -0.384. The van der Waals surface area contributed by atoms with Crippen molar-refractivity contribution in [1.82, 2.24) is 15.6 Å². The molecule has 184 valence electrons. The number of nitro groups is 1. The summed E-state index contributed by atoms with van der Waals surface area (Å²) in [6, 6.07) is 17.6. The van der Waals surface area contributed by atoms with Crippen LogP contribution in [-0.4, -0.2) is 33.1 Å². The fraction of sp³-hybridized carbons (Fsp3) is 0.160. The maximum absolute atomic E-state index is 13.3. The lowest BCUT2D eigenvalue weighted by atomic mass is 10.0. The van der Waals surface area contributed by atoms with Crippen LogP contribution in [0.5, 0.6) is 0 Å². The largest absolute Gasteiger partial charge is 0.465 e. The van der Waals surface area contributed by atoms with Crippen molar-refractivity contribution in [3.63, 3.8) is 0 Å². The first-order valence-corrected chi connectivity index (χ1v) is 12.7. The Hall–Kier alpha value is -4.09. The lowest BCUT2D eigenvalue weighted by Gasteiger charge is -2.22. The van der Waals surface area contributed by atoms with Crippen molar-refractivity contribution >= 4 is 40.4 Å². The Balaban J connectivity index is 1.59. The van der Waals surface area contributed by atoms with Gasteiger partial charge in [0.2, 0.25) is 5.91 Å².